The molecule has 0 spiro atoms. The maximum absolute atomic E-state index is 13.0. The van der Waals surface area contributed by atoms with E-state index in [2.05, 4.69) is 5.32 Å². The van der Waals surface area contributed by atoms with Crippen molar-refractivity contribution < 1.29 is 23.6 Å². The van der Waals surface area contributed by atoms with Gasteiger partial charge in [-0.25, -0.2) is 13.6 Å². The maximum Gasteiger partial charge on any atom is 0.326 e. The van der Waals surface area contributed by atoms with Crippen LogP contribution in [-0.4, -0.2) is 22.0 Å². The summed E-state index contributed by atoms with van der Waals surface area (Å²) in [4.78, 5) is 20.9. The third-order valence-corrected chi connectivity index (χ3v) is 2.96. The van der Waals surface area contributed by atoms with Crippen LogP contribution in [0.1, 0.15) is 38.2 Å². The van der Waals surface area contributed by atoms with Crippen molar-refractivity contribution in [1.82, 2.24) is 0 Å². The highest BCUT2D eigenvalue weighted by Gasteiger charge is 2.22. The van der Waals surface area contributed by atoms with Crippen molar-refractivity contribution in [2.24, 2.45) is 0 Å². The Bertz CT molecular complexity index is 523. The fourth-order valence-electron chi connectivity index (χ4n) is 1.83. The topological polar surface area (TPSA) is 92.5 Å². The quantitative estimate of drug-likeness (QED) is 0.565. The van der Waals surface area contributed by atoms with Crippen LogP contribution in [-0.2, 0) is 4.79 Å². The van der Waals surface area contributed by atoms with Crippen LogP contribution in [0.25, 0.3) is 0 Å². The van der Waals surface area contributed by atoms with Gasteiger partial charge in [0.25, 0.3) is 12.1 Å². The number of nitrogens with one attached hydrogen (secondary N) is 1. The lowest BCUT2D eigenvalue weighted by atomic mass is 10.1. The van der Waals surface area contributed by atoms with E-state index in [-0.39, 0.29) is 12.1 Å². The molecule has 0 saturated heterocycles. The van der Waals surface area contributed by atoms with Crippen LogP contribution >= 0.6 is 0 Å². The van der Waals surface area contributed by atoms with Gasteiger partial charge in [-0.15, -0.1) is 0 Å². The smallest absolute Gasteiger partial charge is 0.326 e. The summed E-state index contributed by atoms with van der Waals surface area (Å²) in [6.45, 7) is 1.88. The number of nitro benzene ring substituents is 1. The van der Waals surface area contributed by atoms with Crippen molar-refractivity contribution >= 4 is 17.3 Å². The Balaban J connectivity index is 3.05. The first-order valence-corrected chi connectivity index (χ1v) is 6.42. The van der Waals surface area contributed by atoms with Crippen molar-refractivity contribution in [3.8, 4) is 0 Å². The lowest BCUT2D eigenvalue weighted by molar-refractivity contribution is -0.385. The summed E-state index contributed by atoms with van der Waals surface area (Å²) in [5, 5.41) is 22.2. The molecule has 1 aromatic carbocycles. The molecule has 6 nitrogen and oxygen atoms in total. The van der Waals surface area contributed by atoms with Gasteiger partial charge >= 0.3 is 5.97 Å². The number of alkyl halides is 2. The first-order valence-electron chi connectivity index (χ1n) is 6.42. The fraction of sp³-hybridized carbons (Fsp3) is 0.462. The van der Waals surface area contributed by atoms with Crippen molar-refractivity contribution in [2.45, 2.75) is 38.7 Å². The van der Waals surface area contributed by atoms with Crippen LogP contribution in [0.15, 0.2) is 18.2 Å². The highest BCUT2D eigenvalue weighted by Crippen LogP contribution is 2.31. The van der Waals surface area contributed by atoms with Crippen molar-refractivity contribution in [3.05, 3.63) is 33.9 Å². The van der Waals surface area contributed by atoms with Crippen LogP contribution < -0.4 is 5.32 Å². The second-order valence-corrected chi connectivity index (χ2v) is 4.51. The number of halogens is 2. The van der Waals surface area contributed by atoms with Gasteiger partial charge < -0.3 is 10.4 Å². The van der Waals surface area contributed by atoms with E-state index < -0.39 is 34.6 Å². The summed E-state index contributed by atoms with van der Waals surface area (Å²) in [6, 6.07) is 1.92. The molecule has 0 saturated carbocycles. The van der Waals surface area contributed by atoms with Crippen LogP contribution in [0.2, 0.25) is 0 Å². The van der Waals surface area contributed by atoms with Gasteiger partial charge in [0, 0.05) is 23.4 Å². The average molecular weight is 302 g/mol. The first kappa shape index (κ1) is 16.8. The second kappa shape index (κ2) is 7.51. The van der Waals surface area contributed by atoms with E-state index in [4.69, 9.17) is 5.11 Å². The van der Waals surface area contributed by atoms with Crippen molar-refractivity contribution in [1.29, 1.82) is 0 Å². The second-order valence-electron chi connectivity index (χ2n) is 4.51. The third kappa shape index (κ3) is 4.66. The van der Waals surface area contributed by atoms with Gasteiger partial charge in [0.1, 0.15) is 6.04 Å². The van der Waals surface area contributed by atoms with Gasteiger partial charge in [0.15, 0.2) is 0 Å². The van der Waals surface area contributed by atoms with E-state index in [0.29, 0.717) is 6.42 Å². The molecule has 8 heteroatoms. The number of aliphatic carboxylic acids is 1. The van der Waals surface area contributed by atoms with E-state index in [1.165, 1.54) is 0 Å². The van der Waals surface area contributed by atoms with Crippen LogP contribution in [0.5, 0.6) is 0 Å². The Hall–Kier alpha value is -2.25. The predicted molar refractivity (Wildman–Crippen MR) is 72.6 cm³/mol. The van der Waals surface area contributed by atoms with Crippen LogP contribution in [0.3, 0.4) is 0 Å². The van der Waals surface area contributed by atoms with Crippen molar-refractivity contribution in [3.63, 3.8) is 0 Å². The first-order chi connectivity index (χ1) is 9.86. The summed E-state index contributed by atoms with van der Waals surface area (Å²) in [7, 11) is 0. The predicted octanol–water partition coefficient (Wildman–Crippen LogP) is 3.59. The number of carbonyl (C=O) groups is 1. The largest absolute Gasteiger partial charge is 0.480 e. The number of anilines is 1. The standard InChI is InChI=1S/C13H16F2N2O4/c1-2-3-4-11(13(18)19)16-10-6-5-8(17(20)21)7-9(10)12(14)15/h5-7,11-12,16H,2-4H2,1H3,(H,18,19). The lowest BCUT2D eigenvalue weighted by Gasteiger charge is -2.18. The molecule has 0 radical (unpaired) electrons. The van der Waals surface area contributed by atoms with Crippen LogP contribution in [0, 0.1) is 10.1 Å². The Labute approximate surface area is 119 Å². The molecule has 0 aromatic heterocycles. The zero-order valence-electron chi connectivity index (χ0n) is 11.4. The number of hydrogen-bond acceptors (Lipinski definition) is 4. The maximum atomic E-state index is 13.0. The van der Waals surface area contributed by atoms with E-state index in [1.54, 1.807) is 0 Å². The molecule has 0 aliphatic heterocycles. The number of benzene rings is 1. The molecule has 2 N–H and O–H groups in total. The fourth-order valence-corrected chi connectivity index (χ4v) is 1.83. The molecule has 0 amide bonds. The number of hydrogen-bond donors (Lipinski definition) is 2. The van der Waals surface area contributed by atoms with Gasteiger partial charge in [0.05, 0.1) is 4.92 Å². The lowest BCUT2D eigenvalue weighted by Crippen LogP contribution is -2.29. The summed E-state index contributed by atoms with van der Waals surface area (Å²) in [5.74, 6) is -1.15. The molecule has 1 atom stereocenters. The van der Waals surface area contributed by atoms with E-state index in [1.807, 2.05) is 6.92 Å². The third-order valence-electron chi connectivity index (χ3n) is 2.96. The van der Waals surface area contributed by atoms with Gasteiger partial charge in [-0.05, 0) is 12.5 Å². The normalized spacial score (nSPS) is 12.2. The van der Waals surface area contributed by atoms with Crippen LogP contribution in [0.4, 0.5) is 20.2 Å². The highest BCUT2D eigenvalue weighted by atomic mass is 19.3. The Kier molecular flexibility index (Phi) is 6.01. The summed E-state index contributed by atoms with van der Waals surface area (Å²) >= 11 is 0. The minimum absolute atomic E-state index is 0.0981. The van der Waals surface area contributed by atoms with Crippen molar-refractivity contribution in [2.75, 3.05) is 5.32 Å². The van der Waals surface area contributed by atoms with E-state index >= 15 is 0 Å². The van der Waals surface area contributed by atoms with E-state index in [9.17, 15) is 23.7 Å². The number of carboxylic acids is 1. The van der Waals surface area contributed by atoms with E-state index in [0.717, 1.165) is 24.6 Å². The number of nitro groups is 1. The molecule has 0 aliphatic rings. The number of carboxylic acid groups (broad SMARTS) is 1. The average Bonchev–Trinajstić information content (AvgIpc) is 2.42. The van der Waals surface area contributed by atoms with Gasteiger partial charge in [-0.1, -0.05) is 19.8 Å². The molecule has 1 aromatic rings. The Morgan fingerprint density at radius 3 is 2.62 bits per heavy atom. The molecule has 1 rings (SSSR count). The van der Waals surface area contributed by atoms with Gasteiger partial charge in [-0.2, -0.15) is 0 Å². The molecule has 1 unspecified atom stereocenters. The number of unbranched alkanes of at least 4 members (excludes halogenated alkanes) is 1. The zero-order valence-corrected chi connectivity index (χ0v) is 11.4. The molecule has 0 heterocycles. The SMILES string of the molecule is CCCCC(Nc1ccc([N+](=O)[O-])cc1C(F)F)C(=O)O. The Morgan fingerprint density at radius 2 is 2.14 bits per heavy atom. The molecular formula is C13H16F2N2O4. The summed E-state index contributed by atoms with van der Waals surface area (Å²) in [5.41, 5.74) is -1.14. The highest BCUT2D eigenvalue weighted by molar-refractivity contribution is 5.78. The minimum Gasteiger partial charge on any atom is -0.480 e. The zero-order chi connectivity index (χ0) is 16.0. The molecule has 0 aliphatic carbocycles. The van der Waals surface area contributed by atoms with Gasteiger partial charge in [0.2, 0.25) is 0 Å². The number of nitrogens with zero attached hydrogens (tertiary/aromatic N) is 1. The molecule has 0 fully saturated rings. The monoisotopic (exact) mass is 302 g/mol. The molecule has 21 heavy (non-hydrogen) atoms. The summed E-state index contributed by atoms with van der Waals surface area (Å²) in [6.07, 6.45) is -1.26. The Morgan fingerprint density at radius 1 is 1.48 bits per heavy atom. The summed E-state index contributed by atoms with van der Waals surface area (Å²) < 4.78 is 25.9. The number of non-ortho nitro benzene ring substituents is 1. The number of rotatable bonds is 8. The molecular weight excluding hydrogens is 286 g/mol. The molecule has 0 bridgehead atoms. The van der Waals surface area contributed by atoms with Gasteiger partial charge in [-0.3, -0.25) is 10.1 Å². The minimum atomic E-state index is -2.94. The molecule has 116 valence electrons.